The monoisotopic (exact) mass is 278 g/mol. The molecule has 2 nitrogen and oxygen atoms in total. The number of hydrogen-bond donors (Lipinski definition) is 1. The van der Waals surface area contributed by atoms with Gasteiger partial charge in [0.2, 0.25) is 0 Å². The van der Waals surface area contributed by atoms with Crippen molar-refractivity contribution in [2.24, 2.45) is 5.92 Å². The Balaban J connectivity index is 1.84. The second-order valence-electron chi connectivity index (χ2n) is 6.03. The maximum atomic E-state index is 3.42. The van der Waals surface area contributed by atoms with E-state index in [0.717, 1.165) is 18.5 Å². The Morgan fingerprint density at radius 2 is 2.16 bits per heavy atom. The minimum absolute atomic E-state index is 0.680. The van der Waals surface area contributed by atoms with Gasteiger partial charge in [0.1, 0.15) is 0 Å². The van der Waals surface area contributed by atoms with Crippen LogP contribution in [0.2, 0.25) is 0 Å². The van der Waals surface area contributed by atoms with Crippen LogP contribution in [0, 0.1) is 5.92 Å². The molecule has 1 aliphatic heterocycles. The highest BCUT2D eigenvalue weighted by atomic mass is 32.1. The molecular formula is C16H26N2S. The fraction of sp³-hybridized carbons (Fsp3) is 0.750. The predicted molar refractivity (Wildman–Crippen MR) is 82.8 cm³/mol. The van der Waals surface area contributed by atoms with Gasteiger partial charge in [0.25, 0.3) is 0 Å². The number of likely N-dealkylation sites (tertiary alicyclic amines) is 1. The normalized spacial score (nSPS) is 28.7. The van der Waals surface area contributed by atoms with Gasteiger partial charge in [-0.05, 0) is 70.3 Å². The molecule has 0 aromatic carbocycles. The number of aryl methyl sites for hydroxylation is 1. The largest absolute Gasteiger partial charge is 0.319 e. The van der Waals surface area contributed by atoms with Gasteiger partial charge in [-0.3, -0.25) is 4.90 Å². The number of piperidine rings is 1. The molecule has 2 unspecified atom stereocenters. The van der Waals surface area contributed by atoms with Crippen molar-refractivity contribution >= 4 is 11.3 Å². The van der Waals surface area contributed by atoms with E-state index in [-0.39, 0.29) is 0 Å². The van der Waals surface area contributed by atoms with Gasteiger partial charge in [0.05, 0.1) is 0 Å². The van der Waals surface area contributed by atoms with E-state index < -0.39 is 0 Å². The molecule has 1 saturated heterocycles. The molecule has 1 saturated carbocycles. The van der Waals surface area contributed by atoms with Crippen molar-refractivity contribution in [1.29, 1.82) is 0 Å². The fourth-order valence-corrected chi connectivity index (χ4v) is 4.70. The summed E-state index contributed by atoms with van der Waals surface area (Å²) in [7, 11) is 2.10. The summed E-state index contributed by atoms with van der Waals surface area (Å²) in [6.07, 6.45) is 6.79. The summed E-state index contributed by atoms with van der Waals surface area (Å²) in [6.45, 7) is 4.74. The van der Waals surface area contributed by atoms with Gasteiger partial charge in [-0.1, -0.05) is 6.92 Å². The first kappa shape index (κ1) is 13.6. The summed E-state index contributed by atoms with van der Waals surface area (Å²) in [5, 5.41) is 3.42. The molecule has 1 aromatic rings. The summed E-state index contributed by atoms with van der Waals surface area (Å²) in [4.78, 5) is 5.97. The standard InChI is InChI=1S/C16H26N2S/c1-3-14-8-9-15(19-14)16-12(11-17-2)5-4-10-18(16)13-6-7-13/h8-9,12-13,16-17H,3-7,10-11H2,1-2H3. The average Bonchev–Trinajstić information content (AvgIpc) is 3.17. The molecule has 2 fully saturated rings. The Morgan fingerprint density at radius 3 is 2.79 bits per heavy atom. The first-order valence-electron chi connectivity index (χ1n) is 7.82. The molecule has 0 spiro atoms. The topological polar surface area (TPSA) is 15.3 Å². The minimum atomic E-state index is 0.680. The van der Waals surface area contributed by atoms with Gasteiger partial charge in [-0.25, -0.2) is 0 Å². The zero-order valence-electron chi connectivity index (χ0n) is 12.2. The van der Waals surface area contributed by atoms with E-state index in [1.54, 1.807) is 9.75 Å². The molecule has 0 bridgehead atoms. The van der Waals surface area contributed by atoms with Crippen LogP contribution in [0.5, 0.6) is 0 Å². The van der Waals surface area contributed by atoms with Gasteiger partial charge < -0.3 is 5.32 Å². The second kappa shape index (κ2) is 5.94. The summed E-state index contributed by atoms with van der Waals surface area (Å²) in [5.41, 5.74) is 0. The molecule has 2 aliphatic rings. The Hall–Kier alpha value is -0.380. The third-order valence-electron chi connectivity index (χ3n) is 4.60. The van der Waals surface area contributed by atoms with Crippen LogP contribution in [0.3, 0.4) is 0 Å². The van der Waals surface area contributed by atoms with Gasteiger partial charge in [-0.2, -0.15) is 0 Å². The van der Waals surface area contributed by atoms with Crippen molar-refractivity contribution in [3.8, 4) is 0 Å². The lowest BCUT2D eigenvalue weighted by atomic mass is 9.87. The lowest BCUT2D eigenvalue weighted by Crippen LogP contribution is -2.42. The molecule has 2 heterocycles. The number of rotatable bonds is 5. The zero-order valence-corrected chi connectivity index (χ0v) is 13.0. The van der Waals surface area contributed by atoms with Crippen molar-refractivity contribution < 1.29 is 0 Å². The maximum absolute atomic E-state index is 3.42. The number of nitrogens with one attached hydrogen (secondary N) is 1. The van der Waals surface area contributed by atoms with Crippen molar-refractivity contribution in [3.63, 3.8) is 0 Å². The Morgan fingerprint density at radius 1 is 1.32 bits per heavy atom. The minimum Gasteiger partial charge on any atom is -0.319 e. The average molecular weight is 278 g/mol. The number of hydrogen-bond acceptors (Lipinski definition) is 3. The molecule has 1 N–H and O–H groups in total. The van der Waals surface area contributed by atoms with Gasteiger partial charge in [0, 0.05) is 21.8 Å². The highest BCUT2D eigenvalue weighted by Crippen LogP contribution is 2.44. The smallest absolute Gasteiger partial charge is 0.0484 e. The van der Waals surface area contributed by atoms with Crippen LogP contribution in [0.4, 0.5) is 0 Å². The maximum Gasteiger partial charge on any atom is 0.0484 e. The SMILES string of the molecule is CCc1ccc(C2C(CNC)CCCN2C2CC2)s1. The van der Waals surface area contributed by atoms with Crippen molar-refractivity contribution in [2.45, 2.75) is 51.1 Å². The van der Waals surface area contributed by atoms with Crippen molar-refractivity contribution in [2.75, 3.05) is 20.1 Å². The van der Waals surface area contributed by atoms with Gasteiger partial charge >= 0.3 is 0 Å². The summed E-state index contributed by atoms with van der Waals surface area (Å²) in [6, 6.07) is 6.31. The van der Waals surface area contributed by atoms with Gasteiger partial charge in [0.15, 0.2) is 0 Å². The number of thiophene rings is 1. The Kier molecular flexibility index (Phi) is 4.25. The molecule has 1 aromatic heterocycles. The lowest BCUT2D eigenvalue weighted by molar-refractivity contribution is 0.0869. The zero-order chi connectivity index (χ0) is 13.2. The van der Waals surface area contributed by atoms with E-state index in [2.05, 4.69) is 36.3 Å². The molecule has 0 radical (unpaired) electrons. The van der Waals surface area contributed by atoms with Crippen LogP contribution in [-0.2, 0) is 6.42 Å². The quantitative estimate of drug-likeness (QED) is 0.887. The molecule has 3 heteroatoms. The molecule has 3 rings (SSSR count). The third kappa shape index (κ3) is 2.88. The number of nitrogens with zero attached hydrogens (tertiary/aromatic N) is 1. The van der Waals surface area contributed by atoms with E-state index >= 15 is 0 Å². The van der Waals surface area contributed by atoms with Crippen LogP contribution in [0.1, 0.15) is 48.4 Å². The van der Waals surface area contributed by atoms with Crippen LogP contribution in [-0.4, -0.2) is 31.1 Å². The highest BCUT2D eigenvalue weighted by Gasteiger charge is 2.40. The first-order valence-corrected chi connectivity index (χ1v) is 8.64. The van der Waals surface area contributed by atoms with Crippen LogP contribution in [0.15, 0.2) is 12.1 Å². The van der Waals surface area contributed by atoms with E-state index in [1.165, 1.54) is 38.6 Å². The fourth-order valence-electron chi connectivity index (χ4n) is 3.53. The van der Waals surface area contributed by atoms with Crippen LogP contribution in [0.25, 0.3) is 0 Å². The summed E-state index contributed by atoms with van der Waals surface area (Å²) >= 11 is 2.05. The van der Waals surface area contributed by atoms with E-state index in [4.69, 9.17) is 0 Å². The lowest BCUT2D eigenvalue weighted by Gasteiger charge is -2.41. The first-order chi connectivity index (χ1) is 9.33. The highest BCUT2D eigenvalue weighted by molar-refractivity contribution is 7.12. The Labute approximate surface area is 121 Å². The van der Waals surface area contributed by atoms with E-state index in [1.807, 2.05) is 11.3 Å². The summed E-state index contributed by atoms with van der Waals surface area (Å²) < 4.78 is 0. The molecular weight excluding hydrogens is 252 g/mol. The van der Waals surface area contributed by atoms with E-state index in [9.17, 15) is 0 Å². The van der Waals surface area contributed by atoms with Crippen LogP contribution >= 0.6 is 11.3 Å². The Bertz CT molecular complexity index is 409. The summed E-state index contributed by atoms with van der Waals surface area (Å²) in [5.74, 6) is 0.794. The molecule has 19 heavy (non-hydrogen) atoms. The molecule has 2 atom stereocenters. The van der Waals surface area contributed by atoms with Crippen LogP contribution < -0.4 is 5.32 Å². The van der Waals surface area contributed by atoms with E-state index in [0.29, 0.717) is 6.04 Å². The molecule has 0 amide bonds. The third-order valence-corrected chi connectivity index (χ3v) is 5.90. The van der Waals surface area contributed by atoms with Gasteiger partial charge in [-0.15, -0.1) is 11.3 Å². The predicted octanol–water partition coefficient (Wildman–Crippen LogP) is 3.45. The molecule has 106 valence electrons. The van der Waals surface area contributed by atoms with Crippen molar-refractivity contribution in [3.05, 3.63) is 21.9 Å². The molecule has 1 aliphatic carbocycles. The van der Waals surface area contributed by atoms with Crippen molar-refractivity contribution in [1.82, 2.24) is 10.2 Å². The second-order valence-corrected chi connectivity index (χ2v) is 7.23.